The molecule has 2 saturated heterocycles. The first-order chi connectivity index (χ1) is 11.8. The standard InChI is InChI=1S/C20H32N2O2/c23-19(12-14-1-6-24-13-14)21-2-4-22(5-3-21)20-17-8-15-7-16(10-17)11-18(20)9-15/h14-18,20H,1-13H2/t14-,15?,16?,17?,18?,20?/m0/s1. The number of hydrogen-bond donors (Lipinski definition) is 0. The van der Waals surface area contributed by atoms with Crippen LogP contribution in [0.2, 0.25) is 0 Å². The Hall–Kier alpha value is -0.610. The van der Waals surface area contributed by atoms with E-state index < -0.39 is 0 Å². The van der Waals surface area contributed by atoms with E-state index in [9.17, 15) is 4.79 Å². The zero-order valence-corrected chi connectivity index (χ0v) is 14.9. The molecule has 0 N–H and O–H groups in total. The van der Waals surface area contributed by atoms with Gasteiger partial charge in [0.05, 0.1) is 0 Å². The maximum absolute atomic E-state index is 12.5. The summed E-state index contributed by atoms with van der Waals surface area (Å²) >= 11 is 0. The number of carbonyl (C=O) groups excluding carboxylic acids is 1. The Morgan fingerprint density at radius 2 is 1.58 bits per heavy atom. The highest BCUT2D eigenvalue weighted by molar-refractivity contribution is 5.76. The number of piperazine rings is 1. The van der Waals surface area contributed by atoms with Crippen LogP contribution in [0.3, 0.4) is 0 Å². The van der Waals surface area contributed by atoms with Crippen LogP contribution in [0.1, 0.15) is 44.9 Å². The van der Waals surface area contributed by atoms with Gasteiger partial charge in [-0.1, -0.05) is 0 Å². The number of nitrogens with zero attached hydrogens (tertiary/aromatic N) is 2. The molecule has 4 saturated carbocycles. The van der Waals surface area contributed by atoms with Crippen molar-refractivity contribution < 1.29 is 9.53 Å². The minimum atomic E-state index is 0.371. The van der Waals surface area contributed by atoms with Crippen molar-refractivity contribution in [2.24, 2.45) is 29.6 Å². The summed E-state index contributed by atoms with van der Waals surface area (Å²) in [6.45, 7) is 5.77. The number of rotatable bonds is 3. The van der Waals surface area contributed by atoms with Gasteiger partial charge in [0, 0.05) is 51.9 Å². The summed E-state index contributed by atoms with van der Waals surface area (Å²) in [5.41, 5.74) is 0. The lowest BCUT2D eigenvalue weighted by molar-refractivity contribution is -0.136. The molecule has 0 radical (unpaired) electrons. The maximum atomic E-state index is 12.5. The van der Waals surface area contributed by atoms with Crippen LogP contribution in [0.5, 0.6) is 0 Å². The summed E-state index contributed by atoms with van der Waals surface area (Å²) in [7, 11) is 0. The molecule has 2 aliphatic heterocycles. The molecule has 0 aromatic rings. The van der Waals surface area contributed by atoms with Crippen molar-refractivity contribution in [3.63, 3.8) is 0 Å². The molecule has 4 aliphatic carbocycles. The van der Waals surface area contributed by atoms with Crippen molar-refractivity contribution in [3.05, 3.63) is 0 Å². The van der Waals surface area contributed by atoms with Gasteiger partial charge in [-0.15, -0.1) is 0 Å². The normalized spacial score (nSPS) is 45.1. The van der Waals surface area contributed by atoms with Crippen molar-refractivity contribution in [2.45, 2.75) is 51.0 Å². The van der Waals surface area contributed by atoms with Gasteiger partial charge < -0.3 is 9.64 Å². The molecule has 4 heteroatoms. The Labute approximate surface area is 145 Å². The highest BCUT2D eigenvalue weighted by Gasteiger charge is 2.50. The van der Waals surface area contributed by atoms with Crippen molar-refractivity contribution in [3.8, 4) is 0 Å². The molecule has 134 valence electrons. The fourth-order valence-electron chi connectivity index (χ4n) is 6.88. The van der Waals surface area contributed by atoms with Crippen LogP contribution in [0.4, 0.5) is 0 Å². The highest BCUT2D eigenvalue weighted by atomic mass is 16.5. The lowest BCUT2D eigenvalue weighted by Gasteiger charge is -2.58. The first kappa shape index (κ1) is 15.6. The topological polar surface area (TPSA) is 32.8 Å². The molecule has 2 heterocycles. The van der Waals surface area contributed by atoms with Gasteiger partial charge >= 0.3 is 0 Å². The largest absolute Gasteiger partial charge is 0.381 e. The maximum Gasteiger partial charge on any atom is 0.223 e. The van der Waals surface area contributed by atoms with Crippen molar-refractivity contribution in [1.29, 1.82) is 0 Å². The van der Waals surface area contributed by atoms with E-state index in [1.54, 1.807) is 0 Å². The number of hydrogen-bond acceptors (Lipinski definition) is 3. The Morgan fingerprint density at radius 3 is 2.17 bits per heavy atom. The van der Waals surface area contributed by atoms with Crippen molar-refractivity contribution in [1.82, 2.24) is 9.80 Å². The second kappa shape index (κ2) is 6.28. The van der Waals surface area contributed by atoms with Crippen LogP contribution < -0.4 is 0 Å². The van der Waals surface area contributed by atoms with Crippen LogP contribution in [-0.2, 0) is 9.53 Å². The van der Waals surface area contributed by atoms with Gasteiger partial charge in [-0.2, -0.15) is 0 Å². The van der Waals surface area contributed by atoms with Crippen LogP contribution in [0.25, 0.3) is 0 Å². The number of ether oxygens (including phenoxy) is 1. The summed E-state index contributed by atoms with van der Waals surface area (Å²) in [6, 6.07) is 0.846. The third kappa shape index (κ3) is 2.80. The molecule has 1 atom stereocenters. The Kier molecular flexibility index (Phi) is 4.09. The van der Waals surface area contributed by atoms with E-state index in [0.717, 1.165) is 75.5 Å². The quantitative estimate of drug-likeness (QED) is 0.795. The van der Waals surface area contributed by atoms with Crippen LogP contribution in [0.15, 0.2) is 0 Å². The van der Waals surface area contributed by atoms with E-state index >= 15 is 0 Å². The Bertz CT molecular complexity index is 452. The molecule has 4 bridgehead atoms. The predicted octanol–water partition coefficient (Wildman–Crippen LogP) is 2.38. The lowest BCUT2D eigenvalue weighted by Crippen LogP contribution is -2.60. The molecule has 0 unspecified atom stereocenters. The van der Waals surface area contributed by atoms with E-state index in [-0.39, 0.29) is 0 Å². The van der Waals surface area contributed by atoms with Gasteiger partial charge in [-0.25, -0.2) is 0 Å². The molecular formula is C20H32N2O2. The van der Waals surface area contributed by atoms with Crippen molar-refractivity contribution in [2.75, 3.05) is 39.4 Å². The summed E-state index contributed by atoms with van der Waals surface area (Å²) in [5, 5.41) is 0. The minimum Gasteiger partial charge on any atom is -0.381 e. The molecule has 4 nitrogen and oxygen atoms in total. The zero-order chi connectivity index (χ0) is 16.1. The Morgan fingerprint density at radius 1 is 0.917 bits per heavy atom. The lowest BCUT2D eigenvalue weighted by atomic mass is 9.54. The van der Waals surface area contributed by atoms with Gasteiger partial charge in [-0.05, 0) is 68.1 Å². The van der Waals surface area contributed by atoms with Crippen molar-refractivity contribution >= 4 is 5.91 Å². The number of carbonyl (C=O) groups is 1. The molecule has 24 heavy (non-hydrogen) atoms. The summed E-state index contributed by atoms with van der Waals surface area (Å²) < 4.78 is 5.42. The van der Waals surface area contributed by atoms with E-state index in [4.69, 9.17) is 4.74 Å². The molecule has 1 amide bonds. The summed E-state index contributed by atoms with van der Waals surface area (Å²) in [5.74, 6) is 4.90. The van der Waals surface area contributed by atoms with E-state index in [0.29, 0.717) is 18.2 Å². The van der Waals surface area contributed by atoms with Gasteiger partial charge in [0.25, 0.3) is 0 Å². The first-order valence-electron chi connectivity index (χ1n) is 10.4. The van der Waals surface area contributed by atoms with Crippen LogP contribution >= 0.6 is 0 Å². The summed E-state index contributed by atoms with van der Waals surface area (Å²) in [4.78, 5) is 17.4. The van der Waals surface area contributed by atoms with E-state index in [1.165, 1.54) is 32.1 Å². The highest BCUT2D eigenvalue weighted by Crippen LogP contribution is 2.55. The average molecular weight is 332 g/mol. The smallest absolute Gasteiger partial charge is 0.223 e. The molecular weight excluding hydrogens is 300 g/mol. The zero-order valence-electron chi connectivity index (χ0n) is 14.9. The third-order valence-corrected chi connectivity index (χ3v) is 7.75. The fraction of sp³-hybridized carbons (Fsp3) is 0.950. The molecule has 6 aliphatic rings. The predicted molar refractivity (Wildman–Crippen MR) is 92.5 cm³/mol. The molecule has 0 spiro atoms. The molecule has 6 fully saturated rings. The van der Waals surface area contributed by atoms with Gasteiger partial charge in [-0.3, -0.25) is 9.69 Å². The van der Waals surface area contributed by atoms with Gasteiger partial charge in [0.1, 0.15) is 0 Å². The van der Waals surface area contributed by atoms with Crippen LogP contribution in [0, 0.1) is 29.6 Å². The van der Waals surface area contributed by atoms with Gasteiger partial charge in [0.15, 0.2) is 0 Å². The average Bonchev–Trinajstić information content (AvgIpc) is 3.07. The third-order valence-electron chi connectivity index (χ3n) is 7.75. The minimum absolute atomic E-state index is 0.371. The fourth-order valence-corrected chi connectivity index (χ4v) is 6.88. The number of amides is 1. The Balaban J connectivity index is 1.16. The monoisotopic (exact) mass is 332 g/mol. The molecule has 0 aromatic heterocycles. The van der Waals surface area contributed by atoms with Crippen LogP contribution in [-0.4, -0.2) is 61.1 Å². The molecule has 0 aromatic carbocycles. The van der Waals surface area contributed by atoms with E-state index in [1.807, 2.05) is 0 Å². The first-order valence-corrected chi connectivity index (χ1v) is 10.4. The summed E-state index contributed by atoms with van der Waals surface area (Å²) in [6.07, 6.45) is 9.30. The SMILES string of the molecule is O=C(C[C@@H]1CCOC1)N1CCN(C2C3CC4CC(C3)CC2C4)CC1. The second-order valence-corrected chi connectivity index (χ2v) is 9.27. The second-order valence-electron chi connectivity index (χ2n) is 9.27. The molecule has 6 rings (SSSR count). The van der Waals surface area contributed by atoms with E-state index in [2.05, 4.69) is 9.80 Å². The van der Waals surface area contributed by atoms with Gasteiger partial charge in [0.2, 0.25) is 5.91 Å².